The molecule has 0 spiro atoms. The molecule has 1 aromatic carbocycles. The Balaban J connectivity index is 1.99. The van der Waals surface area contributed by atoms with Crippen molar-refractivity contribution in [2.45, 2.75) is 17.7 Å². The van der Waals surface area contributed by atoms with Crippen molar-refractivity contribution < 1.29 is 0 Å². The number of thioether (sulfide) groups is 1. The van der Waals surface area contributed by atoms with Crippen LogP contribution in [0.4, 0.5) is 0 Å². The van der Waals surface area contributed by atoms with E-state index in [0.29, 0.717) is 0 Å². The highest BCUT2D eigenvalue weighted by atomic mass is 79.9. The van der Waals surface area contributed by atoms with Crippen LogP contribution < -0.4 is 0 Å². The van der Waals surface area contributed by atoms with E-state index >= 15 is 0 Å². The van der Waals surface area contributed by atoms with Gasteiger partial charge in [0.2, 0.25) is 0 Å². The zero-order chi connectivity index (χ0) is 11.4. The molecule has 3 heteroatoms. The van der Waals surface area contributed by atoms with Gasteiger partial charge in [-0.25, -0.2) is 4.98 Å². The van der Waals surface area contributed by atoms with Gasteiger partial charge in [-0.05, 0) is 36.2 Å². The van der Waals surface area contributed by atoms with Gasteiger partial charge in [-0.2, -0.15) is 0 Å². The van der Waals surface area contributed by atoms with Crippen LogP contribution in [0.1, 0.15) is 11.1 Å². The molecule has 82 valence electrons. The minimum absolute atomic E-state index is 0.954. The SMILES string of the molecule is Cc1ccc(SCc2cccc(Br)c2)nc1. The van der Waals surface area contributed by atoms with Gasteiger partial charge in [0.25, 0.3) is 0 Å². The van der Waals surface area contributed by atoms with Gasteiger partial charge in [0.05, 0.1) is 5.03 Å². The van der Waals surface area contributed by atoms with Crippen molar-refractivity contribution in [2.75, 3.05) is 0 Å². The van der Waals surface area contributed by atoms with E-state index in [1.807, 2.05) is 12.3 Å². The molecule has 2 rings (SSSR count). The summed E-state index contributed by atoms with van der Waals surface area (Å²) in [4.78, 5) is 4.37. The molecule has 0 saturated heterocycles. The first-order chi connectivity index (χ1) is 7.74. The van der Waals surface area contributed by atoms with Crippen LogP contribution in [0.3, 0.4) is 0 Å². The minimum Gasteiger partial charge on any atom is -0.250 e. The van der Waals surface area contributed by atoms with Crippen LogP contribution in [0.2, 0.25) is 0 Å². The molecule has 0 aliphatic carbocycles. The van der Waals surface area contributed by atoms with Gasteiger partial charge in [0.15, 0.2) is 0 Å². The fraction of sp³-hybridized carbons (Fsp3) is 0.154. The second-order valence-electron chi connectivity index (χ2n) is 3.59. The lowest BCUT2D eigenvalue weighted by Crippen LogP contribution is -1.83. The fourth-order valence-corrected chi connectivity index (χ4v) is 2.56. The molecular formula is C13H12BrNS. The van der Waals surface area contributed by atoms with E-state index in [1.54, 1.807) is 11.8 Å². The van der Waals surface area contributed by atoms with Crippen molar-refractivity contribution >= 4 is 27.7 Å². The summed E-state index contributed by atoms with van der Waals surface area (Å²) in [5, 5.41) is 1.07. The maximum Gasteiger partial charge on any atom is 0.0963 e. The fourth-order valence-electron chi connectivity index (χ4n) is 1.32. The first-order valence-electron chi connectivity index (χ1n) is 5.04. The number of nitrogens with zero attached hydrogens (tertiary/aromatic N) is 1. The van der Waals surface area contributed by atoms with Gasteiger partial charge in [0.1, 0.15) is 0 Å². The summed E-state index contributed by atoms with van der Waals surface area (Å²) in [6.45, 7) is 2.05. The van der Waals surface area contributed by atoms with Gasteiger partial charge in [-0.1, -0.05) is 34.1 Å². The molecule has 0 unspecified atom stereocenters. The van der Waals surface area contributed by atoms with Crippen LogP contribution in [-0.4, -0.2) is 4.98 Å². The summed E-state index contributed by atoms with van der Waals surface area (Å²) in [6, 6.07) is 12.5. The first-order valence-corrected chi connectivity index (χ1v) is 6.82. The van der Waals surface area contributed by atoms with E-state index in [2.05, 4.69) is 58.2 Å². The Labute approximate surface area is 108 Å². The van der Waals surface area contributed by atoms with E-state index in [9.17, 15) is 0 Å². The monoisotopic (exact) mass is 293 g/mol. The molecule has 0 aliphatic rings. The molecule has 1 heterocycles. The topological polar surface area (TPSA) is 12.9 Å². The molecule has 1 nitrogen and oxygen atoms in total. The molecule has 0 bridgehead atoms. The number of hydrogen-bond donors (Lipinski definition) is 0. The summed E-state index contributed by atoms with van der Waals surface area (Å²) >= 11 is 5.23. The number of benzene rings is 1. The Morgan fingerprint density at radius 3 is 2.81 bits per heavy atom. The van der Waals surface area contributed by atoms with Crippen LogP contribution in [0.5, 0.6) is 0 Å². The third kappa shape index (κ3) is 3.35. The van der Waals surface area contributed by atoms with Crippen molar-refractivity contribution in [2.24, 2.45) is 0 Å². The van der Waals surface area contributed by atoms with E-state index in [-0.39, 0.29) is 0 Å². The number of rotatable bonds is 3. The molecule has 0 atom stereocenters. The number of aryl methyl sites for hydroxylation is 1. The maximum atomic E-state index is 4.37. The lowest BCUT2D eigenvalue weighted by molar-refractivity contribution is 1.11. The summed E-state index contributed by atoms with van der Waals surface area (Å²) in [7, 11) is 0. The van der Waals surface area contributed by atoms with Crippen molar-refractivity contribution in [3.8, 4) is 0 Å². The van der Waals surface area contributed by atoms with Gasteiger partial charge in [-0.15, -0.1) is 11.8 Å². The third-order valence-electron chi connectivity index (χ3n) is 2.16. The lowest BCUT2D eigenvalue weighted by atomic mass is 10.2. The van der Waals surface area contributed by atoms with Crippen molar-refractivity contribution in [3.05, 3.63) is 58.2 Å². The number of halogens is 1. The molecule has 0 amide bonds. The van der Waals surface area contributed by atoms with Crippen molar-refractivity contribution in [1.82, 2.24) is 4.98 Å². The molecule has 16 heavy (non-hydrogen) atoms. The Morgan fingerprint density at radius 2 is 2.12 bits per heavy atom. The largest absolute Gasteiger partial charge is 0.250 e. The zero-order valence-electron chi connectivity index (χ0n) is 8.98. The minimum atomic E-state index is 0.954. The van der Waals surface area contributed by atoms with Crippen molar-refractivity contribution in [3.63, 3.8) is 0 Å². The second kappa shape index (κ2) is 5.51. The Morgan fingerprint density at radius 1 is 1.25 bits per heavy atom. The number of pyridine rings is 1. The highest BCUT2D eigenvalue weighted by Gasteiger charge is 1.98. The lowest BCUT2D eigenvalue weighted by Gasteiger charge is -2.02. The standard InChI is InChI=1S/C13H12BrNS/c1-10-5-6-13(15-8-10)16-9-11-3-2-4-12(14)7-11/h2-8H,9H2,1H3. The molecule has 0 fully saturated rings. The third-order valence-corrected chi connectivity index (χ3v) is 3.67. The number of aromatic nitrogens is 1. The summed E-state index contributed by atoms with van der Waals surface area (Å²) in [5.41, 5.74) is 2.51. The highest BCUT2D eigenvalue weighted by molar-refractivity contribution is 9.10. The summed E-state index contributed by atoms with van der Waals surface area (Å²) in [5.74, 6) is 0.954. The van der Waals surface area contributed by atoms with E-state index < -0.39 is 0 Å². The van der Waals surface area contributed by atoms with Gasteiger partial charge < -0.3 is 0 Å². The second-order valence-corrected chi connectivity index (χ2v) is 5.50. The zero-order valence-corrected chi connectivity index (χ0v) is 11.4. The number of hydrogen-bond acceptors (Lipinski definition) is 2. The molecule has 1 aromatic heterocycles. The van der Waals surface area contributed by atoms with Crippen LogP contribution >= 0.6 is 27.7 Å². The normalized spacial score (nSPS) is 10.4. The predicted molar refractivity (Wildman–Crippen MR) is 72.7 cm³/mol. The van der Waals surface area contributed by atoms with Crippen LogP contribution in [0.25, 0.3) is 0 Å². The molecule has 0 N–H and O–H groups in total. The molecule has 0 aliphatic heterocycles. The molecule has 0 saturated carbocycles. The highest BCUT2D eigenvalue weighted by Crippen LogP contribution is 2.22. The first kappa shape index (κ1) is 11.7. The molecule has 2 aromatic rings. The van der Waals surface area contributed by atoms with E-state index in [0.717, 1.165) is 15.3 Å². The van der Waals surface area contributed by atoms with Crippen LogP contribution in [0.15, 0.2) is 52.1 Å². The van der Waals surface area contributed by atoms with Crippen LogP contribution in [-0.2, 0) is 5.75 Å². The van der Waals surface area contributed by atoms with Crippen LogP contribution in [0, 0.1) is 6.92 Å². The van der Waals surface area contributed by atoms with Crippen molar-refractivity contribution in [1.29, 1.82) is 0 Å². The predicted octanol–water partition coefficient (Wildman–Crippen LogP) is 4.44. The van der Waals surface area contributed by atoms with Gasteiger partial charge in [0, 0.05) is 16.4 Å². The maximum absolute atomic E-state index is 4.37. The average molecular weight is 294 g/mol. The van der Waals surface area contributed by atoms with E-state index in [4.69, 9.17) is 0 Å². The summed E-state index contributed by atoms with van der Waals surface area (Å²) < 4.78 is 1.13. The smallest absolute Gasteiger partial charge is 0.0963 e. The van der Waals surface area contributed by atoms with Gasteiger partial charge >= 0.3 is 0 Å². The Bertz CT molecular complexity index is 468. The average Bonchev–Trinajstić information content (AvgIpc) is 2.28. The quantitative estimate of drug-likeness (QED) is 0.776. The summed E-state index contributed by atoms with van der Waals surface area (Å²) in [6.07, 6.45) is 1.91. The Hall–Kier alpha value is -0.800. The molecular weight excluding hydrogens is 282 g/mol. The van der Waals surface area contributed by atoms with Gasteiger partial charge in [-0.3, -0.25) is 0 Å². The van der Waals surface area contributed by atoms with E-state index in [1.165, 1.54) is 11.1 Å². The molecule has 0 radical (unpaired) electrons. The Kier molecular flexibility index (Phi) is 4.02.